The third-order valence-electron chi connectivity index (χ3n) is 8.32. The fraction of sp³-hybridized carbons (Fsp3) is 0.500. The Bertz CT molecular complexity index is 1220. The van der Waals surface area contributed by atoms with Crippen LogP contribution < -0.4 is 15.2 Å². The van der Waals surface area contributed by atoms with E-state index in [2.05, 4.69) is 24.4 Å². The standard InChI is InChI=1S/C30H36N2O5S/c1-4-16-37-22-14-8-12-21(18-22)30(15-9-13-20(30)17-19-10-6-5-7-11-19)28(36)31-23-25(33)32-24(27(34)35)29(2,3)38-26(23)32/h5-8,10-12,14,18,20,23-24,26H,4,9,13,15-17H2,1-3H3,(H,31,36)(H,34,35)/p-1. The molecule has 3 aliphatic rings. The molecule has 2 amide bonds. The highest BCUT2D eigenvalue weighted by molar-refractivity contribution is 8.01. The molecular formula is C30H35N2O5S-. The van der Waals surface area contributed by atoms with Crippen molar-refractivity contribution in [2.24, 2.45) is 5.92 Å². The SMILES string of the molecule is CCCOc1cccc(C2(C(=O)NC3C(=O)N4C3SC(C)(C)C4C(=O)[O-])CCCC2Cc2ccccc2)c1. The molecular weight excluding hydrogens is 500 g/mol. The maximum atomic E-state index is 14.3. The molecule has 7 nitrogen and oxygen atoms in total. The van der Waals surface area contributed by atoms with Gasteiger partial charge in [0.05, 0.1) is 24.0 Å². The maximum absolute atomic E-state index is 14.3. The Morgan fingerprint density at radius 2 is 1.92 bits per heavy atom. The summed E-state index contributed by atoms with van der Waals surface area (Å²) in [5.41, 5.74) is 1.25. The van der Waals surface area contributed by atoms with E-state index < -0.39 is 33.6 Å². The van der Waals surface area contributed by atoms with Gasteiger partial charge in [-0.1, -0.05) is 55.8 Å². The molecule has 0 radical (unpaired) electrons. The number of nitrogens with zero attached hydrogens (tertiary/aromatic N) is 1. The van der Waals surface area contributed by atoms with Crippen molar-refractivity contribution in [3.63, 3.8) is 0 Å². The minimum absolute atomic E-state index is 0.0428. The van der Waals surface area contributed by atoms with Crippen LogP contribution in [0.1, 0.15) is 57.6 Å². The van der Waals surface area contributed by atoms with E-state index in [0.717, 1.165) is 37.0 Å². The van der Waals surface area contributed by atoms with Crippen molar-refractivity contribution in [3.8, 4) is 5.75 Å². The van der Waals surface area contributed by atoms with Crippen LogP contribution in [-0.2, 0) is 26.2 Å². The summed E-state index contributed by atoms with van der Waals surface area (Å²) in [5, 5.41) is 14.5. The van der Waals surface area contributed by atoms with Crippen molar-refractivity contribution in [2.75, 3.05) is 6.61 Å². The number of fused-ring (bicyclic) bond motifs is 1. The zero-order chi connectivity index (χ0) is 27.1. The molecule has 0 bridgehead atoms. The number of aliphatic carboxylic acids is 1. The van der Waals surface area contributed by atoms with E-state index in [1.165, 1.54) is 22.2 Å². The van der Waals surface area contributed by atoms with Gasteiger partial charge >= 0.3 is 0 Å². The molecule has 1 saturated carbocycles. The minimum atomic E-state index is -1.26. The van der Waals surface area contributed by atoms with Gasteiger partial charge in [0, 0.05) is 4.75 Å². The molecule has 0 aromatic heterocycles. The number of carboxylic acid groups (broad SMARTS) is 1. The summed E-state index contributed by atoms with van der Waals surface area (Å²) >= 11 is 1.41. The van der Waals surface area contributed by atoms with E-state index >= 15 is 0 Å². The molecule has 2 aliphatic heterocycles. The quantitative estimate of drug-likeness (QED) is 0.496. The molecule has 5 atom stereocenters. The van der Waals surface area contributed by atoms with E-state index in [-0.39, 0.29) is 17.7 Å². The van der Waals surface area contributed by atoms with Crippen molar-refractivity contribution in [2.45, 2.75) is 80.5 Å². The molecule has 38 heavy (non-hydrogen) atoms. The van der Waals surface area contributed by atoms with Gasteiger partial charge in [-0.15, -0.1) is 11.8 Å². The van der Waals surface area contributed by atoms with Gasteiger partial charge in [0.2, 0.25) is 11.8 Å². The third kappa shape index (κ3) is 4.46. The fourth-order valence-electron chi connectivity index (χ4n) is 6.54. The van der Waals surface area contributed by atoms with Crippen molar-refractivity contribution in [1.82, 2.24) is 10.2 Å². The van der Waals surface area contributed by atoms with Gasteiger partial charge in [-0.05, 0) is 68.7 Å². The van der Waals surface area contributed by atoms with Gasteiger partial charge in [-0.25, -0.2) is 0 Å². The number of hydrogen-bond acceptors (Lipinski definition) is 6. The van der Waals surface area contributed by atoms with E-state index in [1.54, 1.807) is 13.8 Å². The molecule has 2 aromatic carbocycles. The van der Waals surface area contributed by atoms with Gasteiger partial charge in [0.1, 0.15) is 17.2 Å². The summed E-state index contributed by atoms with van der Waals surface area (Å²) in [4.78, 5) is 40.7. The number of amides is 2. The normalized spacial score (nSPS) is 29.4. The van der Waals surface area contributed by atoms with Crippen molar-refractivity contribution < 1.29 is 24.2 Å². The molecule has 5 rings (SSSR count). The first-order valence-electron chi connectivity index (χ1n) is 13.5. The number of carbonyl (C=O) groups excluding carboxylic acids is 3. The lowest BCUT2D eigenvalue weighted by Crippen LogP contribution is -2.72. The van der Waals surface area contributed by atoms with Crippen LogP contribution in [-0.4, -0.2) is 51.5 Å². The lowest BCUT2D eigenvalue weighted by Gasteiger charge is -2.46. The molecule has 3 fully saturated rings. The predicted molar refractivity (Wildman–Crippen MR) is 144 cm³/mol. The van der Waals surface area contributed by atoms with Crippen LogP contribution in [0.25, 0.3) is 0 Å². The minimum Gasteiger partial charge on any atom is -0.548 e. The predicted octanol–water partition coefficient (Wildman–Crippen LogP) is 3.05. The van der Waals surface area contributed by atoms with Crippen molar-refractivity contribution >= 4 is 29.5 Å². The van der Waals surface area contributed by atoms with Crippen LogP contribution in [0.15, 0.2) is 54.6 Å². The molecule has 1 N–H and O–H groups in total. The van der Waals surface area contributed by atoms with Crippen LogP contribution in [0, 0.1) is 5.92 Å². The van der Waals surface area contributed by atoms with Gasteiger partial charge < -0.3 is 24.9 Å². The Morgan fingerprint density at radius 1 is 1.16 bits per heavy atom. The second kappa shape index (κ2) is 10.3. The molecule has 2 saturated heterocycles. The first-order valence-corrected chi connectivity index (χ1v) is 14.4. The van der Waals surface area contributed by atoms with Crippen molar-refractivity contribution in [3.05, 3.63) is 65.7 Å². The molecule has 202 valence electrons. The van der Waals surface area contributed by atoms with Crippen LogP contribution in [0.5, 0.6) is 5.75 Å². The third-order valence-corrected chi connectivity index (χ3v) is 9.90. The number of nitrogens with one attached hydrogen (secondary N) is 1. The Hall–Kier alpha value is -3.00. The smallest absolute Gasteiger partial charge is 0.249 e. The number of carboxylic acids is 1. The zero-order valence-corrected chi connectivity index (χ0v) is 23.0. The van der Waals surface area contributed by atoms with E-state index in [4.69, 9.17) is 4.74 Å². The highest BCUT2D eigenvalue weighted by Crippen LogP contribution is 2.52. The largest absolute Gasteiger partial charge is 0.548 e. The molecule has 2 aromatic rings. The summed E-state index contributed by atoms with van der Waals surface area (Å²) in [7, 11) is 0. The molecule has 1 aliphatic carbocycles. The van der Waals surface area contributed by atoms with Gasteiger partial charge in [0.15, 0.2) is 0 Å². The molecule has 8 heteroatoms. The molecule has 0 spiro atoms. The van der Waals surface area contributed by atoms with Gasteiger partial charge in [-0.2, -0.15) is 0 Å². The van der Waals surface area contributed by atoms with E-state index in [1.807, 2.05) is 42.5 Å². The average Bonchev–Trinajstić information content (AvgIpc) is 3.43. The number of rotatable bonds is 9. The number of thioether (sulfide) groups is 1. The number of carbonyl (C=O) groups is 3. The maximum Gasteiger partial charge on any atom is 0.249 e. The number of benzene rings is 2. The summed E-state index contributed by atoms with van der Waals surface area (Å²) < 4.78 is 5.22. The highest BCUT2D eigenvalue weighted by Gasteiger charge is 2.63. The second-order valence-corrected chi connectivity index (χ2v) is 12.9. The van der Waals surface area contributed by atoms with E-state index in [0.29, 0.717) is 13.0 Å². The number of β-lactam (4-membered cyclic amide) rings is 1. The zero-order valence-electron chi connectivity index (χ0n) is 22.1. The van der Waals surface area contributed by atoms with E-state index in [9.17, 15) is 19.5 Å². The lowest BCUT2D eigenvalue weighted by atomic mass is 9.69. The van der Waals surface area contributed by atoms with Crippen LogP contribution in [0.3, 0.4) is 0 Å². The van der Waals surface area contributed by atoms with Crippen molar-refractivity contribution in [1.29, 1.82) is 0 Å². The monoisotopic (exact) mass is 535 g/mol. The van der Waals surface area contributed by atoms with Gasteiger partial charge in [0.25, 0.3) is 0 Å². The fourth-order valence-corrected chi connectivity index (χ4v) is 8.16. The Balaban J connectivity index is 1.47. The summed E-state index contributed by atoms with van der Waals surface area (Å²) in [6, 6.07) is 16.2. The average molecular weight is 536 g/mol. The summed E-state index contributed by atoms with van der Waals surface area (Å²) in [5.74, 6) is -1.01. The van der Waals surface area contributed by atoms with Crippen LogP contribution in [0.2, 0.25) is 0 Å². The first kappa shape index (κ1) is 26.6. The second-order valence-electron chi connectivity index (χ2n) is 11.2. The number of hydrogen-bond donors (Lipinski definition) is 1. The van der Waals surface area contributed by atoms with Crippen LogP contribution >= 0.6 is 11.8 Å². The van der Waals surface area contributed by atoms with Crippen LogP contribution in [0.4, 0.5) is 0 Å². The highest BCUT2D eigenvalue weighted by atomic mass is 32.2. The summed E-state index contributed by atoms with van der Waals surface area (Å²) in [6.45, 7) is 6.26. The number of ether oxygens (including phenoxy) is 1. The van der Waals surface area contributed by atoms with Gasteiger partial charge in [-0.3, -0.25) is 9.59 Å². The molecule has 5 unspecified atom stereocenters. The summed E-state index contributed by atoms with van der Waals surface area (Å²) in [6.07, 6.45) is 4.09. The Kier molecular flexibility index (Phi) is 7.20. The Labute approximate surface area is 228 Å². The Morgan fingerprint density at radius 3 is 2.63 bits per heavy atom. The first-order chi connectivity index (χ1) is 18.2. The molecule has 2 heterocycles. The topological polar surface area (TPSA) is 98.8 Å². The lowest BCUT2D eigenvalue weighted by molar-refractivity contribution is -0.312.